The molecular weight excluding hydrogens is 426 g/mol. The maximum Gasteiger partial charge on any atom is 0.251 e. The van der Waals surface area contributed by atoms with Gasteiger partial charge in [0, 0.05) is 42.3 Å². The highest BCUT2D eigenvalue weighted by atomic mass is 16.5. The van der Waals surface area contributed by atoms with Crippen LogP contribution >= 0.6 is 0 Å². The lowest BCUT2D eigenvalue weighted by atomic mass is 9.99. The van der Waals surface area contributed by atoms with Crippen LogP contribution in [0.5, 0.6) is 0 Å². The van der Waals surface area contributed by atoms with Crippen LogP contribution < -0.4 is 10.2 Å². The second kappa shape index (κ2) is 9.47. The van der Waals surface area contributed by atoms with E-state index in [0.717, 1.165) is 30.8 Å². The lowest BCUT2D eigenvalue weighted by Crippen LogP contribution is -2.32. The maximum atomic E-state index is 13.0. The number of carbonyl (C=O) groups is 1. The van der Waals surface area contributed by atoms with E-state index in [9.17, 15) is 4.79 Å². The molecule has 7 nitrogen and oxygen atoms in total. The summed E-state index contributed by atoms with van der Waals surface area (Å²) in [5, 5.41) is 7.14. The van der Waals surface area contributed by atoms with Crippen molar-refractivity contribution >= 4 is 11.6 Å². The van der Waals surface area contributed by atoms with E-state index in [0.29, 0.717) is 17.3 Å². The van der Waals surface area contributed by atoms with Gasteiger partial charge in [0.15, 0.2) is 0 Å². The molecule has 172 valence electrons. The van der Waals surface area contributed by atoms with Gasteiger partial charge in [-0.3, -0.25) is 9.78 Å². The van der Waals surface area contributed by atoms with Crippen molar-refractivity contribution in [2.75, 3.05) is 11.4 Å². The summed E-state index contributed by atoms with van der Waals surface area (Å²) in [6, 6.07) is 19.6. The van der Waals surface area contributed by atoms with Crippen LogP contribution in [0.1, 0.15) is 47.3 Å². The van der Waals surface area contributed by atoms with Gasteiger partial charge in [-0.1, -0.05) is 43.3 Å². The molecule has 34 heavy (non-hydrogen) atoms. The number of nitrogens with zero attached hydrogens (tertiary/aromatic N) is 4. The van der Waals surface area contributed by atoms with Crippen LogP contribution in [0.3, 0.4) is 0 Å². The van der Waals surface area contributed by atoms with Crippen LogP contribution in [0, 0.1) is 5.92 Å². The Morgan fingerprint density at radius 2 is 1.74 bits per heavy atom. The summed E-state index contributed by atoms with van der Waals surface area (Å²) in [7, 11) is 0. The molecule has 2 aromatic carbocycles. The fourth-order valence-electron chi connectivity index (χ4n) is 4.26. The zero-order valence-electron chi connectivity index (χ0n) is 19.3. The minimum absolute atomic E-state index is 0.0716. The van der Waals surface area contributed by atoms with E-state index in [1.807, 2.05) is 50.2 Å². The third-order valence-electron chi connectivity index (χ3n) is 6.22. The lowest BCUT2D eigenvalue weighted by Gasteiger charge is -2.30. The third-order valence-corrected chi connectivity index (χ3v) is 6.22. The zero-order valence-corrected chi connectivity index (χ0v) is 19.3. The van der Waals surface area contributed by atoms with Crippen LogP contribution in [-0.2, 0) is 13.0 Å². The normalized spacial score (nSPS) is 14.0. The topological polar surface area (TPSA) is 84.2 Å². The molecule has 1 unspecified atom stereocenters. The number of anilines is 1. The van der Waals surface area contributed by atoms with Crippen LogP contribution in [-0.4, -0.2) is 27.6 Å². The summed E-state index contributed by atoms with van der Waals surface area (Å²) in [5.41, 5.74) is 5.31. The molecule has 1 amide bonds. The number of rotatable bonds is 6. The van der Waals surface area contributed by atoms with E-state index in [2.05, 4.69) is 49.6 Å². The van der Waals surface area contributed by atoms with Crippen LogP contribution in [0.25, 0.3) is 11.4 Å². The smallest absolute Gasteiger partial charge is 0.251 e. The number of carbonyl (C=O) groups excluding carboxylic acids is 1. The second-order valence-electron chi connectivity index (χ2n) is 8.87. The monoisotopic (exact) mass is 453 g/mol. The van der Waals surface area contributed by atoms with Crippen molar-refractivity contribution in [3.05, 3.63) is 95.6 Å². The van der Waals surface area contributed by atoms with Crippen molar-refractivity contribution in [3.63, 3.8) is 0 Å². The molecule has 0 bridgehead atoms. The van der Waals surface area contributed by atoms with E-state index in [1.165, 1.54) is 11.1 Å². The van der Waals surface area contributed by atoms with Crippen molar-refractivity contribution in [3.8, 4) is 11.4 Å². The van der Waals surface area contributed by atoms with Crippen LogP contribution in [0.2, 0.25) is 0 Å². The number of amides is 1. The summed E-state index contributed by atoms with van der Waals surface area (Å²) in [4.78, 5) is 23.9. The fourth-order valence-corrected chi connectivity index (χ4v) is 4.26. The van der Waals surface area contributed by atoms with Crippen molar-refractivity contribution in [1.82, 2.24) is 20.4 Å². The van der Waals surface area contributed by atoms with Gasteiger partial charge in [0.05, 0.1) is 0 Å². The molecule has 0 saturated carbocycles. The first kappa shape index (κ1) is 21.8. The Morgan fingerprint density at radius 3 is 2.47 bits per heavy atom. The van der Waals surface area contributed by atoms with Gasteiger partial charge in [0.1, 0.15) is 6.04 Å². The standard InChI is InChI=1S/C27H27N5O2/c1-18(2)24(27-30-25(31-34-27)20-11-14-28-15-12-20)29-26(33)21-7-9-23(10-8-21)32-16-13-19-5-3-4-6-22(19)17-32/h3-12,14-15,18,24H,13,16-17H2,1-2H3,(H,29,33). The minimum atomic E-state index is -0.395. The first-order valence-corrected chi connectivity index (χ1v) is 11.5. The summed E-state index contributed by atoms with van der Waals surface area (Å²) in [5.74, 6) is 0.767. The average molecular weight is 454 g/mol. The fraction of sp³-hybridized carbons (Fsp3) is 0.259. The molecule has 0 radical (unpaired) electrons. The molecule has 1 N–H and O–H groups in total. The van der Waals surface area contributed by atoms with E-state index in [1.54, 1.807) is 12.4 Å². The Labute approximate surface area is 198 Å². The SMILES string of the molecule is CC(C)C(NC(=O)c1ccc(N2CCc3ccccc3C2)cc1)c1nc(-c2ccncc2)no1. The quantitative estimate of drug-likeness (QED) is 0.451. The molecule has 0 spiro atoms. The Kier molecular flexibility index (Phi) is 6.08. The van der Waals surface area contributed by atoms with E-state index < -0.39 is 6.04 Å². The highest BCUT2D eigenvalue weighted by Gasteiger charge is 2.25. The van der Waals surface area contributed by atoms with Gasteiger partial charge in [-0.15, -0.1) is 0 Å². The predicted octanol–water partition coefficient (Wildman–Crippen LogP) is 4.82. The first-order chi connectivity index (χ1) is 16.6. The molecule has 0 fully saturated rings. The molecule has 3 heterocycles. The van der Waals surface area contributed by atoms with Crippen molar-refractivity contribution in [2.45, 2.75) is 32.9 Å². The Bertz CT molecular complexity index is 1270. The summed E-state index contributed by atoms with van der Waals surface area (Å²) < 4.78 is 5.50. The molecule has 2 aromatic heterocycles. The highest BCUT2D eigenvalue weighted by molar-refractivity contribution is 5.94. The van der Waals surface area contributed by atoms with Crippen LogP contribution in [0.15, 0.2) is 77.6 Å². The number of benzene rings is 2. The number of pyridine rings is 1. The molecule has 0 aliphatic carbocycles. The van der Waals surface area contributed by atoms with Gasteiger partial charge in [-0.2, -0.15) is 4.98 Å². The van der Waals surface area contributed by atoms with Crippen molar-refractivity contribution in [2.24, 2.45) is 5.92 Å². The molecule has 1 atom stereocenters. The molecule has 0 saturated heterocycles. The molecular formula is C27H27N5O2. The summed E-state index contributed by atoms with van der Waals surface area (Å²) in [6.45, 7) is 5.88. The molecule has 5 rings (SSSR count). The zero-order chi connectivity index (χ0) is 23.5. The first-order valence-electron chi connectivity index (χ1n) is 11.5. The predicted molar refractivity (Wildman–Crippen MR) is 130 cm³/mol. The van der Waals surface area contributed by atoms with Crippen molar-refractivity contribution < 1.29 is 9.32 Å². The van der Waals surface area contributed by atoms with Crippen LogP contribution in [0.4, 0.5) is 5.69 Å². The van der Waals surface area contributed by atoms with Crippen molar-refractivity contribution in [1.29, 1.82) is 0 Å². The van der Waals surface area contributed by atoms with Gasteiger partial charge in [-0.25, -0.2) is 0 Å². The lowest BCUT2D eigenvalue weighted by molar-refractivity contribution is 0.0914. The Balaban J connectivity index is 1.28. The largest absolute Gasteiger partial charge is 0.367 e. The average Bonchev–Trinajstić information content (AvgIpc) is 3.37. The van der Waals surface area contributed by atoms with E-state index in [-0.39, 0.29) is 11.8 Å². The van der Waals surface area contributed by atoms with E-state index >= 15 is 0 Å². The highest BCUT2D eigenvalue weighted by Crippen LogP contribution is 2.26. The molecule has 1 aliphatic heterocycles. The van der Waals surface area contributed by atoms with Gasteiger partial charge in [0.2, 0.25) is 11.7 Å². The molecule has 1 aliphatic rings. The van der Waals surface area contributed by atoms with Gasteiger partial charge >= 0.3 is 0 Å². The Morgan fingerprint density at radius 1 is 1.00 bits per heavy atom. The summed E-state index contributed by atoms with van der Waals surface area (Å²) >= 11 is 0. The second-order valence-corrected chi connectivity index (χ2v) is 8.87. The van der Waals surface area contributed by atoms with Gasteiger partial charge in [-0.05, 0) is 59.9 Å². The number of hydrogen-bond donors (Lipinski definition) is 1. The number of nitrogens with one attached hydrogen (secondary N) is 1. The molecule has 4 aromatic rings. The van der Waals surface area contributed by atoms with Gasteiger partial charge in [0.25, 0.3) is 5.91 Å². The van der Waals surface area contributed by atoms with E-state index in [4.69, 9.17) is 4.52 Å². The van der Waals surface area contributed by atoms with Gasteiger partial charge < -0.3 is 14.7 Å². The minimum Gasteiger partial charge on any atom is -0.367 e. The summed E-state index contributed by atoms with van der Waals surface area (Å²) in [6.07, 6.45) is 4.39. The molecule has 7 heteroatoms. The number of fused-ring (bicyclic) bond motifs is 1. The Hall–Kier alpha value is -4.00. The number of hydrogen-bond acceptors (Lipinski definition) is 6. The maximum absolute atomic E-state index is 13.0. The third kappa shape index (κ3) is 4.55. The number of aromatic nitrogens is 3.